The van der Waals surface area contributed by atoms with Gasteiger partial charge in [0.1, 0.15) is 11.7 Å². The molecule has 1 aliphatic heterocycles. The number of nitrogens with one attached hydrogen (secondary N) is 2. The van der Waals surface area contributed by atoms with Crippen molar-refractivity contribution in [2.24, 2.45) is 4.99 Å². The smallest absolute Gasteiger partial charge is 0.257 e. The van der Waals surface area contributed by atoms with Crippen LogP contribution in [-0.4, -0.2) is 47.9 Å². The van der Waals surface area contributed by atoms with E-state index in [1.165, 1.54) is 24.4 Å². The van der Waals surface area contributed by atoms with Crippen molar-refractivity contribution < 1.29 is 13.9 Å². The highest BCUT2D eigenvalue weighted by molar-refractivity contribution is 6.07. The first kappa shape index (κ1) is 23.9. The number of rotatable bonds is 7. The van der Waals surface area contributed by atoms with Gasteiger partial charge in [0.2, 0.25) is 0 Å². The molecule has 1 aromatic heterocycles. The summed E-state index contributed by atoms with van der Waals surface area (Å²) in [6, 6.07) is 7.58. The van der Waals surface area contributed by atoms with E-state index in [9.17, 15) is 9.18 Å². The number of nitrogens with zero attached hydrogens (tertiary/aromatic N) is 3. The Morgan fingerprint density at radius 1 is 1.21 bits per heavy atom. The molecule has 1 saturated heterocycles. The first-order valence-corrected chi connectivity index (χ1v) is 10.6. The highest BCUT2D eigenvalue weighted by Gasteiger charge is 2.15. The summed E-state index contributed by atoms with van der Waals surface area (Å²) >= 11 is 0. The van der Waals surface area contributed by atoms with Gasteiger partial charge in [0.05, 0.1) is 29.8 Å². The number of amidine groups is 1. The lowest BCUT2D eigenvalue weighted by molar-refractivity contribution is -0.112. The van der Waals surface area contributed by atoms with Crippen molar-refractivity contribution in [3.8, 4) is 0 Å². The molecule has 0 radical (unpaired) electrons. The van der Waals surface area contributed by atoms with Crippen molar-refractivity contribution in [1.29, 1.82) is 0 Å². The fourth-order valence-electron chi connectivity index (χ4n) is 3.24. The minimum Gasteiger partial charge on any atom is -0.380 e. The molecule has 2 heterocycles. The summed E-state index contributed by atoms with van der Waals surface area (Å²) in [6.07, 6.45) is 6.99. The zero-order valence-corrected chi connectivity index (χ0v) is 18.7. The molecule has 1 amide bonds. The van der Waals surface area contributed by atoms with Crippen LogP contribution in [0.15, 0.2) is 84.3 Å². The van der Waals surface area contributed by atoms with Gasteiger partial charge >= 0.3 is 0 Å². The molecular formula is C25H28FN5O2. The molecule has 0 spiro atoms. The zero-order chi connectivity index (χ0) is 23.6. The quantitative estimate of drug-likeness (QED) is 0.278. The number of hydrogen-bond donors (Lipinski definition) is 2. The summed E-state index contributed by atoms with van der Waals surface area (Å²) < 4.78 is 18.7. The fourth-order valence-corrected chi connectivity index (χ4v) is 3.24. The van der Waals surface area contributed by atoms with Crippen LogP contribution in [0.4, 0.5) is 21.5 Å². The summed E-state index contributed by atoms with van der Waals surface area (Å²) in [6.45, 7) is 12.5. The van der Waals surface area contributed by atoms with Crippen LogP contribution in [0.25, 0.3) is 0 Å². The van der Waals surface area contributed by atoms with Gasteiger partial charge in [-0.15, -0.1) is 0 Å². The molecule has 3 rings (SSSR count). The Kier molecular flexibility index (Phi) is 8.49. The lowest BCUT2D eigenvalue weighted by Gasteiger charge is -2.23. The highest BCUT2D eigenvalue weighted by atomic mass is 19.1. The molecule has 0 atom stereocenters. The predicted octanol–water partition coefficient (Wildman–Crippen LogP) is 4.67. The predicted molar refractivity (Wildman–Crippen MR) is 130 cm³/mol. The number of aromatic nitrogens is 1. The third-order valence-corrected chi connectivity index (χ3v) is 4.90. The van der Waals surface area contributed by atoms with Crippen LogP contribution in [0, 0.1) is 5.82 Å². The van der Waals surface area contributed by atoms with Crippen LogP contribution in [0.5, 0.6) is 0 Å². The average Bonchev–Trinajstić information content (AvgIpc) is 3.08. The van der Waals surface area contributed by atoms with E-state index in [0.717, 1.165) is 31.0 Å². The van der Waals surface area contributed by atoms with Gasteiger partial charge in [-0.2, -0.15) is 0 Å². The second-order valence-corrected chi connectivity index (χ2v) is 7.48. The van der Waals surface area contributed by atoms with Gasteiger partial charge in [0.15, 0.2) is 0 Å². The van der Waals surface area contributed by atoms with Gasteiger partial charge in [-0.05, 0) is 49.2 Å². The molecule has 8 heteroatoms. The van der Waals surface area contributed by atoms with Crippen LogP contribution < -0.4 is 10.6 Å². The number of anilines is 3. The minimum atomic E-state index is -0.373. The van der Waals surface area contributed by atoms with E-state index >= 15 is 0 Å². The third kappa shape index (κ3) is 6.85. The van der Waals surface area contributed by atoms with Crippen molar-refractivity contribution in [3.63, 3.8) is 0 Å². The Morgan fingerprint density at radius 2 is 2.00 bits per heavy atom. The summed E-state index contributed by atoms with van der Waals surface area (Å²) in [5.41, 5.74) is 2.84. The van der Waals surface area contributed by atoms with Gasteiger partial charge in [-0.1, -0.05) is 19.2 Å². The van der Waals surface area contributed by atoms with Gasteiger partial charge < -0.3 is 20.3 Å². The van der Waals surface area contributed by atoms with E-state index in [0.29, 0.717) is 35.8 Å². The molecule has 2 N–H and O–H groups in total. The molecule has 172 valence electrons. The Bertz CT molecular complexity index is 1050. The molecule has 0 bridgehead atoms. The van der Waals surface area contributed by atoms with Crippen molar-refractivity contribution in [3.05, 3.63) is 85.1 Å². The molecule has 1 aliphatic rings. The molecular weight excluding hydrogens is 421 g/mol. The van der Waals surface area contributed by atoms with Crippen molar-refractivity contribution >= 4 is 28.8 Å². The second kappa shape index (κ2) is 11.7. The average molecular weight is 450 g/mol. The zero-order valence-electron chi connectivity index (χ0n) is 18.7. The summed E-state index contributed by atoms with van der Waals surface area (Å²) in [4.78, 5) is 23.7. The van der Waals surface area contributed by atoms with Crippen LogP contribution in [0.3, 0.4) is 0 Å². The van der Waals surface area contributed by atoms with E-state index < -0.39 is 0 Å². The Hall–Kier alpha value is -3.78. The molecule has 1 fully saturated rings. The number of ether oxygens (including phenoxy) is 1. The molecule has 7 nitrogen and oxygen atoms in total. The highest BCUT2D eigenvalue weighted by Crippen LogP contribution is 2.25. The van der Waals surface area contributed by atoms with Crippen molar-refractivity contribution in [2.75, 3.05) is 36.9 Å². The Labute approximate surface area is 193 Å². The van der Waals surface area contributed by atoms with Crippen LogP contribution in [-0.2, 0) is 9.53 Å². The number of halogens is 1. The van der Waals surface area contributed by atoms with Gasteiger partial charge in [0, 0.05) is 37.8 Å². The first-order chi connectivity index (χ1) is 16.0. The monoisotopic (exact) mass is 449 g/mol. The lowest BCUT2D eigenvalue weighted by atomic mass is 10.2. The lowest BCUT2D eigenvalue weighted by Crippen LogP contribution is -2.33. The van der Waals surface area contributed by atoms with Crippen molar-refractivity contribution in [1.82, 2.24) is 9.88 Å². The maximum Gasteiger partial charge on any atom is 0.257 e. The van der Waals surface area contributed by atoms with Crippen LogP contribution >= 0.6 is 0 Å². The molecule has 33 heavy (non-hydrogen) atoms. The molecule has 0 saturated carbocycles. The van der Waals surface area contributed by atoms with Gasteiger partial charge in [-0.25, -0.2) is 9.38 Å². The van der Waals surface area contributed by atoms with E-state index in [2.05, 4.69) is 38.7 Å². The maximum atomic E-state index is 13.2. The number of hydrogen-bond acceptors (Lipinski definition) is 5. The molecule has 1 aromatic carbocycles. The van der Waals surface area contributed by atoms with Crippen molar-refractivity contribution in [2.45, 2.75) is 13.3 Å². The topological polar surface area (TPSA) is 78.8 Å². The first-order valence-electron chi connectivity index (χ1n) is 10.6. The standard InChI is InChI=1S/C25H28FN5O2/c1-4-19(16-28-24(18(2)3)31-12-5-14-33-15-13-31)25(32)30-22-10-11-27-17-23(22)29-21-8-6-20(26)7-9-21/h4,6-11,16-17,29H,1-2,5,12-15H2,3H3,(H,27,30,32). The van der Waals surface area contributed by atoms with Gasteiger partial charge in [-0.3, -0.25) is 9.78 Å². The Balaban J connectivity index is 1.78. The maximum absolute atomic E-state index is 13.2. The SMILES string of the molecule is C=CC(=CN=C(C(=C)C)N1CCCOCC1)C(=O)Nc1ccncc1Nc1ccc(F)cc1. The minimum absolute atomic E-state index is 0.296. The number of aliphatic imine (C=N–C) groups is 1. The number of amides is 1. The Morgan fingerprint density at radius 3 is 2.73 bits per heavy atom. The second-order valence-electron chi connectivity index (χ2n) is 7.48. The normalized spacial score (nSPS) is 14.9. The number of pyridine rings is 1. The van der Waals surface area contributed by atoms with E-state index in [4.69, 9.17) is 4.74 Å². The number of benzene rings is 1. The molecule has 0 unspecified atom stereocenters. The fraction of sp³-hybridized carbons (Fsp3) is 0.240. The molecule has 0 aliphatic carbocycles. The van der Waals surface area contributed by atoms with E-state index in [1.54, 1.807) is 30.6 Å². The van der Waals surface area contributed by atoms with Gasteiger partial charge in [0.25, 0.3) is 5.91 Å². The van der Waals surface area contributed by atoms with Crippen LogP contribution in [0.2, 0.25) is 0 Å². The van der Waals surface area contributed by atoms with E-state index in [1.807, 2.05) is 6.92 Å². The van der Waals surface area contributed by atoms with Crippen LogP contribution in [0.1, 0.15) is 13.3 Å². The summed E-state index contributed by atoms with van der Waals surface area (Å²) in [5, 5.41) is 5.98. The number of carbonyl (C=O) groups excluding carboxylic acids is 1. The molecule has 2 aromatic rings. The number of carbonyl (C=O) groups is 1. The summed E-state index contributed by atoms with van der Waals surface area (Å²) in [5.74, 6) is 0.0148. The summed E-state index contributed by atoms with van der Waals surface area (Å²) in [7, 11) is 0. The third-order valence-electron chi connectivity index (χ3n) is 4.90. The largest absolute Gasteiger partial charge is 0.380 e. The van der Waals surface area contributed by atoms with E-state index in [-0.39, 0.29) is 11.7 Å².